The first-order valence-electron chi connectivity index (χ1n) is 8.28. The predicted octanol–water partition coefficient (Wildman–Crippen LogP) is 4.28. The summed E-state index contributed by atoms with van der Waals surface area (Å²) in [5.41, 5.74) is 3.68. The van der Waals surface area contributed by atoms with Crippen molar-refractivity contribution < 1.29 is 13.2 Å². The third-order valence-electron chi connectivity index (χ3n) is 4.32. The van der Waals surface area contributed by atoms with E-state index in [4.69, 9.17) is 0 Å². The standard InChI is InChI=1S/C20H19BrN2O3S/c1-13-4-10-18(11-5-13)27(25,26)22-20(24)19-12-14(2)23(15(19)3)17-8-6-16(21)7-9-17/h4-12H,1-3H3,(H,22,24). The van der Waals surface area contributed by atoms with Gasteiger partial charge in [0.25, 0.3) is 15.9 Å². The number of sulfonamides is 1. The van der Waals surface area contributed by atoms with Crippen LogP contribution in [0.2, 0.25) is 0 Å². The second-order valence-corrected chi connectivity index (χ2v) is 8.94. The van der Waals surface area contributed by atoms with Crippen LogP contribution in [-0.2, 0) is 10.0 Å². The zero-order valence-electron chi connectivity index (χ0n) is 15.2. The van der Waals surface area contributed by atoms with Gasteiger partial charge in [-0.2, -0.15) is 0 Å². The van der Waals surface area contributed by atoms with Crippen molar-refractivity contribution in [3.05, 3.63) is 81.6 Å². The number of hydrogen-bond donors (Lipinski definition) is 1. The topological polar surface area (TPSA) is 68.2 Å². The lowest BCUT2D eigenvalue weighted by Crippen LogP contribution is -2.30. The molecular formula is C20H19BrN2O3S. The Morgan fingerprint density at radius 1 is 0.963 bits per heavy atom. The fraction of sp³-hybridized carbons (Fsp3) is 0.150. The van der Waals surface area contributed by atoms with Crippen molar-refractivity contribution in [2.45, 2.75) is 25.7 Å². The van der Waals surface area contributed by atoms with Gasteiger partial charge < -0.3 is 4.57 Å². The minimum Gasteiger partial charge on any atom is -0.318 e. The van der Waals surface area contributed by atoms with Crippen LogP contribution in [0, 0.1) is 20.8 Å². The molecule has 5 nitrogen and oxygen atoms in total. The summed E-state index contributed by atoms with van der Waals surface area (Å²) in [6, 6.07) is 15.7. The van der Waals surface area contributed by atoms with E-state index >= 15 is 0 Å². The number of hydrogen-bond acceptors (Lipinski definition) is 3. The first-order chi connectivity index (χ1) is 12.7. The number of carbonyl (C=O) groups is 1. The highest BCUT2D eigenvalue weighted by molar-refractivity contribution is 9.10. The maximum absolute atomic E-state index is 12.7. The molecule has 1 aromatic heterocycles. The Kier molecular flexibility index (Phi) is 5.26. The Morgan fingerprint density at radius 3 is 2.15 bits per heavy atom. The molecule has 0 fully saturated rings. The summed E-state index contributed by atoms with van der Waals surface area (Å²) in [5.74, 6) is -0.646. The summed E-state index contributed by atoms with van der Waals surface area (Å²) in [6.07, 6.45) is 0. The monoisotopic (exact) mass is 446 g/mol. The molecule has 0 aliphatic rings. The maximum Gasteiger partial charge on any atom is 0.266 e. The molecule has 2 aromatic carbocycles. The quantitative estimate of drug-likeness (QED) is 0.649. The molecule has 1 N–H and O–H groups in total. The van der Waals surface area contributed by atoms with Gasteiger partial charge in [-0.25, -0.2) is 13.1 Å². The largest absolute Gasteiger partial charge is 0.318 e. The Labute approximate surface area is 167 Å². The zero-order valence-corrected chi connectivity index (χ0v) is 17.6. The molecule has 0 atom stereocenters. The van der Waals surface area contributed by atoms with E-state index < -0.39 is 15.9 Å². The molecule has 0 radical (unpaired) electrons. The van der Waals surface area contributed by atoms with Gasteiger partial charge in [0, 0.05) is 21.5 Å². The van der Waals surface area contributed by atoms with Crippen LogP contribution in [0.15, 0.2) is 64.0 Å². The lowest BCUT2D eigenvalue weighted by Gasteiger charge is -2.10. The maximum atomic E-state index is 12.7. The Balaban J connectivity index is 1.93. The van der Waals surface area contributed by atoms with E-state index in [1.165, 1.54) is 12.1 Å². The van der Waals surface area contributed by atoms with E-state index in [1.807, 2.05) is 42.7 Å². The van der Waals surface area contributed by atoms with Gasteiger partial charge in [0.05, 0.1) is 10.5 Å². The van der Waals surface area contributed by atoms with Crippen LogP contribution in [0.5, 0.6) is 0 Å². The second kappa shape index (κ2) is 7.32. The van der Waals surface area contributed by atoms with Gasteiger partial charge in [0.1, 0.15) is 0 Å². The highest BCUT2D eigenvalue weighted by Gasteiger charge is 2.22. The number of aromatic nitrogens is 1. The Bertz CT molecular complexity index is 1100. The molecule has 0 saturated heterocycles. The minimum atomic E-state index is -3.93. The predicted molar refractivity (Wildman–Crippen MR) is 109 cm³/mol. The number of carbonyl (C=O) groups excluding carboxylic acids is 1. The molecular weight excluding hydrogens is 428 g/mol. The summed E-state index contributed by atoms with van der Waals surface area (Å²) in [4.78, 5) is 12.7. The molecule has 1 amide bonds. The van der Waals surface area contributed by atoms with Crippen molar-refractivity contribution in [1.82, 2.24) is 9.29 Å². The molecule has 1 heterocycles. The third-order valence-corrected chi connectivity index (χ3v) is 6.19. The smallest absolute Gasteiger partial charge is 0.266 e. The van der Waals surface area contributed by atoms with Crippen molar-refractivity contribution in [2.24, 2.45) is 0 Å². The molecule has 7 heteroatoms. The molecule has 0 aliphatic heterocycles. The van der Waals surface area contributed by atoms with Crippen LogP contribution in [-0.4, -0.2) is 18.9 Å². The van der Waals surface area contributed by atoms with Gasteiger partial charge in [0.2, 0.25) is 0 Å². The number of benzene rings is 2. The van der Waals surface area contributed by atoms with Crippen molar-refractivity contribution in [3.63, 3.8) is 0 Å². The first kappa shape index (κ1) is 19.4. The lowest BCUT2D eigenvalue weighted by molar-refractivity contribution is 0.0981. The fourth-order valence-electron chi connectivity index (χ4n) is 2.93. The molecule has 0 unspecified atom stereocenters. The molecule has 27 heavy (non-hydrogen) atoms. The minimum absolute atomic E-state index is 0.0585. The summed E-state index contributed by atoms with van der Waals surface area (Å²) in [6.45, 7) is 5.54. The van der Waals surface area contributed by atoms with Crippen LogP contribution in [0.1, 0.15) is 27.3 Å². The number of halogens is 1. The van der Waals surface area contributed by atoms with Crippen LogP contribution in [0.4, 0.5) is 0 Å². The van der Waals surface area contributed by atoms with Gasteiger partial charge in [-0.1, -0.05) is 33.6 Å². The highest BCUT2D eigenvalue weighted by atomic mass is 79.9. The second-order valence-electron chi connectivity index (χ2n) is 6.34. The summed E-state index contributed by atoms with van der Waals surface area (Å²) in [7, 11) is -3.93. The van der Waals surface area contributed by atoms with E-state index in [2.05, 4.69) is 20.7 Å². The van der Waals surface area contributed by atoms with E-state index in [1.54, 1.807) is 25.1 Å². The van der Waals surface area contributed by atoms with Crippen molar-refractivity contribution in [2.75, 3.05) is 0 Å². The number of amides is 1. The zero-order chi connectivity index (χ0) is 19.8. The Hall–Kier alpha value is -2.38. The molecule has 3 aromatic rings. The van der Waals surface area contributed by atoms with Gasteiger partial charge in [-0.3, -0.25) is 4.79 Å². The molecule has 0 saturated carbocycles. The SMILES string of the molecule is Cc1ccc(S(=O)(=O)NC(=O)c2cc(C)n(-c3ccc(Br)cc3)c2C)cc1. The van der Waals surface area contributed by atoms with Gasteiger partial charge in [-0.05, 0) is 63.2 Å². The Morgan fingerprint density at radius 2 is 1.56 bits per heavy atom. The average Bonchev–Trinajstić information content (AvgIpc) is 2.90. The van der Waals surface area contributed by atoms with Gasteiger partial charge in [-0.15, -0.1) is 0 Å². The van der Waals surface area contributed by atoms with E-state index in [9.17, 15) is 13.2 Å². The van der Waals surface area contributed by atoms with Crippen molar-refractivity contribution in [3.8, 4) is 5.69 Å². The number of aryl methyl sites for hydroxylation is 2. The van der Waals surface area contributed by atoms with Crippen LogP contribution in [0.25, 0.3) is 5.69 Å². The molecule has 3 rings (SSSR count). The van der Waals surface area contributed by atoms with Crippen LogP contribution in [0.3, 0.4) is 0 Å². The van der Waals surface area contributed by atoms with Crippen LogP contribution < -0.4 is 4.72 Å². The number of nitrogens with zero attached hydrogens (tertiary/aromatic N) is 1. The van der Waals surface area contributed by atoms with Crippen LogP contribution >= 0.6 is 15.9 Å². The summed E-state index contributed by atoms with van der Waals surface area (Å²) < 4.78 is 30.0. The lowest BCUT2D eigenvalue weighted by atomic mass is 10.2. The van der Waals surface area contributed by atoms with E-state index in [-0.39, 0.29) is 4.90 Å². The molecule has 140 valence electrons. The molecule has 0 spiro atoms. The fourth-order valence-corrected chi connectivity index (χ4v) is 4.16. The summed E-state index contributed by atoms with van der Waals surface area (Å²) >= 11 is 3.40. The summed E-state index contributed by atoms with van der Waals surface area (Å²) in [5, 5.41) is 0. The van der Waals surface area contributed by atoms with Gasteiger partial charge in [0.15, 0.2) is 0 Å². The normalized spacial score (nSPS) is 11.4. The average molecular weight is 447 g/mol. The first-order valence-corrected chi connectivity index (χ1v) is 10.6. The number of nitrogens with one attached hydrogen (secondary N) is 1. The van der Waals surface area contributed by atoms with Crippen molar-refractivity contribution in [1.29, 1.82) is 0 Å². The third kappa shape index (κ3) is 3.99. The molecule has 0 aliphatic carbocycles. The van der Waals surface area contributed by atoms with Gasteiger partial charge >= 0.3 is 0 Å². The highest BCUT2D eigenvalue weighted by Crippen LogP contribution is 2.23. The molecule has 0 bridgehead atoms. The van der Waals surface area contributed by atoms with E-state index in [0.717, 1.165) is 21.4 Å². The van der Waals surface area contributed by atoms with E-state index in [0.29, 0.717) is 11.3 Å². The van der Waals surface area contributed by atoms with Crippen molar-refractivity contribution >= 4 is 31.9 Å². The number of rotatable bonds is 4.